The van der Waals surface area contributed by atoms with Crippen molar-refractivity contribution in [3.63, 3.8) is 0 Å². The molecule has 0 bridgehead atoms. The average molecular weight is 320 g/mol. The number of nitrogens with two attached hydrogens (primary N) is 1. The molecule has 7 heteroatoms. The first-order chi connectivity index (χ1) is 10.9. The normalized spacial score (nSPS) is 11.6. The first kappa shape index (κ1) is 15.0. The minimum Gasteiger partial charge on any atom is -0.504 e. The van der Waals surface area contributed by atoms with E-state index in [1.54, 1.807) is 12.1 Å². The molecule has 1 aromatic carbocycles. The van der Waals surface area contributed by atoms with Gasteiger partial charge in [0.05, 0.1) is 11.1 Å². The zero-order chi connectivity index (χ0) is 16.6. The van der Waals surface area contributed by atoms with E-state index in [4.69, 9.17) is 10.2 Å². The van der Waals surface area contributed by atoms with Crippen LogP contribution < -0.4 is 5.73 Å². The lowest BCUT2D eigenvalue weighted by Gasteiger charge is -2.08. The van der Waals surface area contributed by atoms with E-state index in [9.17, 15) is 18.3 Å². The minimum absolute atomic E-state index is 0.0305. The Kier molecular flexibility index (Phi) is 3.48. The fraction of sp³-hybridized carbons (Fsp3) is 0.0625. The fourth-order valence-corrected chi connectivity index (χ4v) is 2.27. The molecule has 3 N–H and O–H groups in total. The summed E-state index contributed by atoms with van der Waals surface area (Å²) >= 11 is 0. The number of pyridine rings is 1. The second-order valence-corrected chi connectivity index (χ2v) is 4.83. The lowest BCUT2D eigenvalue weighted by molar-refractivity contribution is -0.137. The van der Waals surface area contributed by atoms with E-state index in [0.717, 1.165) is 12.1 Å². The van der Waals surface area contributed by atoms with Gasteiger partial charge in [-0.1, -0.05) is 12.1 Å². The Morgan fingerprint density at radius 2 is 1.74 bits per heavy atom. The van der Waals surface area contributed by atoms with E-state index in [-0.39, 0.29) is 28.5 Å². The number of rotatable bonds is 2. The molecule has 0 atom stereocenters. The Bertz CT molecular complexity index is 842. The second kappa shape index (κ2) is 5.35. The van der Waals surface area contributed by atoms with Crippen molar-refractivity contribution in [2.45, 2.75) is 6.18 Å². The molecule has 0 saturated heterocycles. The molecule has 3 rings (SSSR count). The van der Waals surface area contributed by atoms with Gasteiger partial charge in [-0.05, 0) is 29.8 Å². The molecule has 3 aromatic rings. The Hall–Kier alpha value is -2.96. The Labute approximate surface area is 129 Å². The molecule has 0 saturated carbocycles. The standard InChI is InChI=1S/C16H11F3N2O2/c17-16(18,19)11-3-1-2-10(8-11)12-13(22)14(23-15(12)20)9-4-6-21-7-5-9/h1-8,22H,20H2. The predicted molar refractivity (Wildman–Crippen MR) is 78.5 cm³/mol. The monoisotopic (exact) mass is 320 g/mol. The van der Waals surface area contributed by atoms with Crippen LogP contribution >= 0.6 is 0 Å². The van der Waals surface area contributed by atoms with Gasteiger partial charge in [0.25, 0.3) is 0 Å². The van der Waals surface area contributed by atoms with Crippen LogP contribution in [0.3, 0.4) is 0 Å². The van der Waals surface area contributed by atoms with Crippen LogP contribution in [0.2, 0.25) is 0 Å². The summed E-state index contributed by atoms with van der Waals surface area (Å²) in [6.45, 7) is 0. The van der Waals surface area contributed by atoms with Crippen molar-refractivity contribution in [2.24, 2.45) is 0 Å². The molecule has 0 aliphatic heterocycles. The van der Waals surface area contributed by atoms with Crippen LogP contribution in [-0.4, -0.2) is 10.1 Å². The number of alkyl halides is 3. The molecular weight excluding hydrogens is 309 g/mol. The van der Waals surface area contributed by atoms with Gasteiger partial charge < -0.3 is 15.3 Å². The van der Waals surface area contributed by atoms with Crippen molar-refractivity contribution in [2.75, 3.05) is 5.73 Å². The van der Waals surface area contributed by atoms with Crippen molar-refractivity contribution in [3.8, 4) is 28.2 Å². The summed E-state index contributed by atoms with van der Waals surface area (Å²) in [5, 5.41) is 10.3. The van der Waals surface area contributed by atoms with Crippen LogP contribution in [0.25, 0.3) is 22.5 Å². The molecule has 0 radical (unpaired) electrons. The third kappa shape index (κ3) is 2.73. The summed E-state index contributed by atoms with van der Waals surface area (Å²) in [6.07, 6.45) is -1.49. The van der Waals surface area contributed by atoms with Gasteiger partial charge in [0.15, 0.2) is 11.5 Å². The highest BCUT2D eigenvalue weighted by molar-refractivity contribution is 5.86. The quantitative estimate of drug-likeness (QED) is 0.738. The molecular formula is C16H11F3N2O2. The molecule has 0 aliphatic carbocycles. The molecule has 0 fully saturated rings. The predicted octanol–water partition coefficient (Wildman–Crippen LogP) is 4.32. The van der Waals surface area contributed by atoms with Gasteiger partial charge in [-0.15, -0.1) is 0 Å². The Morgan fingerprint density at radius 1 is 1.04 bits per heavy atom. The molecule has 0 aliphatic rings. The van der Waals surface area contributed by atoms with E-state index in [0.29, 0.717) is 5.56 Å². The SMILES string of the molecule is Nc1oc(-c2ccncc2)c(O)c1-c1cccc(C(F)(F)F)c1. The number of furan rings is 1. The number of hydrogen-bond donors (Lipinski definition) is 2. The number of hydrogen-bond acceptors (Lipinski definition) is 4. The third-order valence-electron chi connectivity index (χ3n) is 3.33. The van der Waals surface area contributed by atoms with Gasteiger partial charge in [0.1, 0.15) is 0 Å². The number of benzene rings is 1. The van der Waals surface area contributed by atoms with Crippen molar-refractivity contribution in [1.82, 2.24) is 4.98 Å². The zero-order valence-electron chi connectivity index (χ0n) is 11.6. The van der Waals surface area contributed by atoms with Crippen molar-refractivity contribution in [1.29, 1.82) is 0 Å². The molecule has 0 unspecified atom stereocenters. The van der Waals surface area contributed by atoms with E-state index in [1.165, 1.54) is 24.5 Å². The summed E-state index contributed by atoms with van der Waals surface area (Å²) in [5.41, 5.74) is 5.58. The largest absolute Gasteiger partial charge is 0.504 e. The molecule has 0 amide bonds. The van der Waals surface area contributed by atoms with Crippen molar-refractivity contribution >= 4 is 5.88 Å². The molecule has 4 nitrogen and oxygen atoms in total. The van der Waals surface area contributed by atoms with Crippen LogP contribution in [0.1, 0.15) is 5.56 Å². The van der Waals surface area contributed by atoms with E-state index < -0.39 is 11.7 Å². The summed E-state index contributed by atoms with van der Waals surface area (Å²) in [5.74, 6) is -0.390. The van der Waals surface area contributed by atoms with Crippen LogP contribution in [0.15, 0.2) is 53.2 Å². The second-order valence-electron chi connectivity index (χ2n) is 4.83. The van der Waals surface area contributed by atoms with Crippen LogP contribution in [0.4, 0.5) is 19.1 Å². The van der Waals surface area contributed by atoms with Crippen LogP contribution in [0, 0.1) is 0 Å². The van der Waals surface area contributed by atoms with Gasteiger partial charge in [0, 0.05) is 18.0 Å². The van der Waals surface area contributed by atoms with Gasteiger partial charge in [-0.25, -0.2) is 0 Å². The highest BCUT2D eigenvalue weighted by atomic mass is 19.4. The lowest BCUT2D eigenvalue weighted by Crippen LogP contribution is -2.04. The number of nitrogen functional groups attached to an aromatic ring is 1. The lowest BCUT2D eigenvalue weighted by atomic mass is 10.0. The Balaban J connectivity index is 2.14. The first-order valence-electron chi connectivity index (χ1n) is 6.57. The number of aromatic hydroxyl groups is 1. The zero-order valence-corrected chi connectivity index (χ0v) is 11.6. The topological polar surface area (TPSA) is 72.3 Å². The highest BCUT2D eigenvalue weighted by Gasteiger charge is 2.31. The number of anilines is 1. The molecule has 2 aromatic heterocycles. The summed E-state index contributed by atoms with van der Waals surface area (Å²) in [7, 11) is 0. The number of aromatic nitrogens is 1. The fourth-order valence-electron chi connectivity index (χ4n) is 2.27. The summed E-state index contributed by atoms with van der Waals surface area (Å²) in [4.78, 5) is 3.85. The highest BCUT2D eigenvalue weighted by Crippen LogP contribution is 2.45. The van der Waals surface area contributed by atoms with Crippen molar-refractivity contribution in [3.05, 3.63) is 54.4 Å². The molecule has 2 heterocycles. The summed E-state index contributed by atoms with van der Waals surface area (Å²) in [6, 6.07) is 7.71. The van der Waals surface area contributed by atoms with Gasteiger partial charge in [-0.3, -0.25) is 4.98 Å². The Morgan fingerprint density at radius 3 is 2.39 bits per heavy atom. The maximum Gasteiger partial charge on any atom is 0.416 e. The van der Waals surface area contributed by atoms with Gasteiger partial charge in [0.2, 0.25) is 5.88 Å². The minimum atomic E-state index is -4.49. The van der Waals surface area contributed by atoms with Crippen LogP contribution in [0.5, 0.6) is 5.75 Å². The summed E-state index contributed by atoms with van der Waals surface area (Å²) < 4.78 is 43.8. The van der Waals surface area contributed by atoms with E-state index in [2.05, 4.69) is 4.98 Å². The number of halogens is 3. The van der Waals surface area contributed by atoms with Gasteiger partial charge in [-0.2, -0.15) is 13.2 Å². The average Bonchev–Trinajstić information content (AvgIpc) is 2.82. The van der Waals surface area contributed by atoms with Crippen molar-refractivity contribution < 1.29 is 22.7 Å². The molecule has 118 valence electrons. The maximum absolute atomic E-state index is 12.8. The number of nitrogens with zero attached hydrogens (tertiary/aromatic N) is 1. The molecule has 0 spiro atoms. The van der Waals surface area contributed by atoms with E-state index >= 15 is 0 Å². The first-order valence-corrected chi connectivity index (χ1v) is 6.57. The van der Waals surface area contributed by atoms with Gasteiger partial charge >= 0.3 is 6.18 Å². The molecule has 23 heavy (non-hydrogen) atoms. The van der Waals surface area contributed by atoms with Crippen LogP contribution in [-0.2, 0) is 6.18 Å². The smallest absolute Gasteiger partial charge is 0.416 e. The van der Waals surface area contributed by atoms with E-state index in [1.807, 2.05) is 0 Å². The third-order valence-corrected chi connectivity index (χ3v) is 3.33. The maximum atomic E-state index is 12.8.